The Kier molecular flexibility index (Phi) is 6.34. The van der Waals surface area contributed by atoms with Crippen molar-refractivity contribution in [3.8, 4) is 22.8 Å². The third-order valence-electron chi connectivity index (χ3n) is 5.11. The van der Waals surface area contributed by atoms with Gasteiger partial charge in [0.25, 0.3) is 11.1 Å². The van der Waals surface area contributed by atoms with Crippen molar-refractivity contribution in [2.75, 3.05) is 14.2 Å². The van der Waals surface area contributed by atoms with Gasteiger partial charge < -0.3 is 19.3 Å². The number of rotatable bonds is 8. The number of nitrogens with zero attached hydrogens (tertiary/aromatic N) is 3. The Labute approximate surface area is 187 Å². The molecule has 0 saturated heterocycles. The minimum absolute atomic E-state index is 0.0293. The summed E-state index contributed by atoms with van der Waals surface area (Å²) in [5.74, 6) is 0.642. The molecule has 2 aromatic carbocycles. The fraction of sp³-hybridized carbons (Fsp3) is 0.217. The fourth-order valence-corrected chi connectivity index (χ4v) is 3.34. The first-order valence-electron chi connectivity index (χ1n) is 10.1. The number of carbonyl (C=O) groups is 1. The first-order valence-corrected chi connectivity index (χ1v) is 10.1. The monoisotopic (exact) mass is 452 g/mol. The summed E-state index contributed by atoms with van der Waals surface area (Å²) in [6, 6.07) is 10.9. The van der Waals surface area contributed by atoms with Crippen LogP contribution >= 0.6 is 0 Å². The summed E-state index contributed by atoms with van der Waals surface area (Å²) in [6.07, 6.45) is 1.39. The number of amides is 1. The van der Waals surface area contributed by atoms with E-state index in [-0.39, 0.29) is 42.3 Å². The van der Waals surface area contributed by atoms with Crippen LogP contribution < -0.4 is 20.3 Å². The summed E-state index contributed by atoms with van der Waals surface area (Å²) in [7, 11) is 3.11. The third-order valence-corrected chi connectivity index (χ3v) is 5.11. The summed E-state index contributed by atoms with van der Waals surface area (Å²) < 4.78 is 30.2. The SMILES string of the molecule is COc1ccc(OC)c(CNC(=O)CCn2cnc3c(-c4ccc(F)cc4)noc3c2=O)c1. The molecule has 0 fully saturated rings. The molecular formula is C23H21FN4O5. The molecule has 4 rings (SSSR count). The van der Waals surface area contributed by atoms with Gasteiger partial charge in [0.15, 0.2) is 0 Å². The number of carbonyl (C=O) groups excluding carboxylic acids is 1. The van der Waals surface area contributed by atoms with Crippen LogP contribution in [0.2, 0.25) is 0 Å². The summed E-state index contributed by atoms with van der Waals surface area (Å²) in [5, 5.41) is 6.72. The van der Waals surface area contributed by atoms with E-state index in [4.69, 9.17) is 14.0 Å². The molecule has 0 radical (unpaired) electrons. The number of fused-ring (bicyclic) bond motifs is 1. The zero-order valence-electron chi connectivity index (χ0n) is 18.0. The highest BCUT2D eigenvalue weighted by molar-refractivity contribution is 5.87. The Balaban J connectivity index is 1.43. The van der Waals surface area contributed by atoms with E-state index in [2.05, 4.69) is 15.5 Å². The van der Waals surface area contributed by atoms with Crippen LogP contribution in [0.25, 0.3) is 22.4 Å². The first kappa shape index (κ1) is 22.0. The maximum atomic E-state index is 13.2. The number of aryl methyl sites for hydroxylation is 1. The molecule has 0 saturated carbocycles. The largest absolute Gasteiger partial charge is 0.497 e. The van der Waals surface area contributed by atoms with Crippen molar-refractivity contribution >= 4 is 17.0 Å². The van der Waals surface area contributed by atoms with Crippen molar-refractivity contribution in [1.29, 1.82) is 0 Å². The van der Waals surface area contributed by atoms with Crippen LogP contribution in [-0.2, 0) is 17.9 Å². The molecule has 1 N–H and O–H groups in total. The molecule has 0 atom stereocenters. The number of hydrogen-bond donors (Lipinski definition) is 1. The standard InChI is InChI=1S/C23H21FN4O5/c1-31-17-7-8-18(32-2)15(11-17)12-25-19(29)9-10-28-13-26-21-20(27-33-22(21)23(28)30)14-3-5-16(24)6-4-14/h3-8,11,13H,9-10,12H2,1-2H3,(H,25,29). The molecule has 0 aliphatic heterocycles. The minimum atomic E-state index is -0.455. The second-order valence-electron chi connectivity index (χ2n) is 7.16. The Morgan fingerprint density at radius 3 is 2.67 bits per heavy atom. The number of methoxy groups -OCH3 is 2. The maximum Gasteiger partial charge on any atom is 0.299 e. The van der Waals surface area contributed by atoms with Gasteiger partial charge in [-0.3, -0.25) is 14.2 Å². The van der Waals surface area contributed by atoms with Gasteiger partial charge in [-0.2, -0.15) is 0 Å². The molecule has 4 aromatic rings. The van der Waals surface area contributed by atoms with E-state index >= 15 is 0 Å². The number of ether oxygens (including phenoxy) is 2. The van der Waals surface area contributed by atoms with Gasteiger partial charge in [0.1, 0.15) is 28.5 Å². The predicted molar refractivity (Wildman–Crippen MR) is 117 cm³/mol. The summed E-state index contributed by atoms with van der Waals surface area (Å²) in [6.45, 7) is 0.351. The topological polar surface area (TPSA) is 108 Å². The Hall–Kier alpha value is -4.21. The van der Waals surface area contributed by atoms with Gasteiger partial charge in [-0.15, -0.1) is 0 Å². The fourth-order valence-electron chi connectivity index (χ4n) is 3.34. The summed E-state index contributed by atoms with van der Waals surface area (Å²) in [5.41, 5.74) is 1.48. The smallest absolute Gasteiger partial charge is 0.299 e. The molecule has 0 bridgehead atoms. The van der Waals surface area contributed by atoms with E-state index < -0.39 is 5.56 Å². The second-order valence-corrected chi connectivity index (χ2v) is 7.16. The molecule has 0 unspecified atom stereocenters. The van der Waals surface area contributed by atoms with Crippen molar-refractivity contribution in [2.45, 2.75) is 19.5 Å². The van der Waals surface area contributed by atoms with Crippen molar-refractivity contribution in [3.05, 3.63) is 70.5 Å². The van der Waals surface area contributed by atoms with E-state index in [0.717, 1.165) is 5.56 Å². The second kappa shape index (κ2) is 9.51. The lowest BCUT2D eigenvalue weighted by molar-refractivity contribution is -0.121. The van der Waals surface area contributed by atoms with Crippen LogP contribution in [0.15, 0.2) is 58.1 Å². The Bertz CT molecular complexity index is 1350. The number of halogens is 1. The first-order chi connectivity index (χ1) is 16.0. The third kappa shape index (κ3) is 4.69. The van der Waals surface area contributed by atoms with Gasteiger partial charge in [-0.1, -0.05) is 5.16 Å². The van der Waals surface area contributed by atoms with E-state index in [9.17, 15) is 14.0 Å². The van der Waals surface area contributed by atoms with Crippen molar-refractivity contribution in [3.63, 3.8) is 0 Å². The van der Waals surface area contributed by atoms with E-state index in [1.807, 2.05) is 0 Å². The lowest BCUT2D eigenvalue weighted by atomic mass is 10.1. The van der Waals surface area contributed by atoms with Gasteiger partial charge >= 0.3 is 0 Å². The Morgan fingerprint density at radius 2 is 1.94 bits per heavy atom. The minimum Gasteiger partial charge on any atom is -0.497 e. The summed E-state index contributed by atoms with van der Waals surface area (Å²) >= 11 is 0. The van der Waals surface area contributed by atoms with Gasteiger partial charge in [0, 0.05) is 30.6 Å². The lowest BCUT2D eigenvalue weighted by Gasteiger charge is -2.11. The van der Waals surface area contributed by atoms with E-state index in [1.54, 1.807) is 32.4 Å². The van der Waals surface area contributed by atoms with Crippen molar-refractivity contribution in [2.24, 2.45) is 0 Å². The molecule has 0 spiro atoms. The normalized spacial score (nSPS) is 10.9. The molecule has 1 amide bonds. The average Bonchev–Trinajstić information content (AvgIpc) is 3.27. The van der Waals surface area contributed by atoms with Gasteiger partial charge in [-0.05, 0) is 42.5 Å². The van der Waals surface area contributed by atoms with Gasteiger partial charge in [-0.25, -0.2) is 9.37 Å². The van der Waals surface area contributed by atoms with E-state index in [1.165, 1.54) is 35.2 Å². The van der Waals surface area contributed by atoms with Gasteiger partial charge in [0.05, 0.1) is 20.5 Å². The highest BCUT2D eigenvalue weighted by atomic mass is 19.1. The molecule has 0 aliphatic carbocycles. The number of nitrogens with one attached hydrogen (secondary N) is 1. The molecular weight excluding hydrogens is 431 g/mol. The van der Waals surface area contributed by atoms with E-state index in [0.29, 0.717) is 22.8 Å². The summed E-state index contributed by atoms with van der Waals surface area (Å²) in [4.78, 5) is 29.4. The molecule has 33 heavy (non-hydrogen) atoms. The lowest BCUT2D eigenvalue weighted by Crippen LogP contribution is -2.27. The molecule has 2 heterocycles. The predicted octanol–water partition coefficient (Wildman–Crippen LogP) is 2.91. The van der Waals surface area contributed by atoms with Crippen molar-refractivity contribution in [1.82, 2.24) is 20.0 Å². The maximum absolute atomic E-state index is 13.2. The highest BCUT2D eigenvalue weighted by Gasteiger charge is 2.17. The van der Waals surface area contributed by atoms with Crippen molar-refractivity contribution < 1.29 is 23.2 Å². The van der Waals surface area contributed by atoms with Crippen LogP contribution in [0.1, 0.15) is 12.0 Å². The zero-order chi connectivity index (χ0) is 23.4. The van der Waals surface area contributed by atoms with Crippen LogP contribution in [0.4, 0.5) is 4.39 Å². The molecule has 2 aromatic heterocycles. The number of hydrogen-bond acceptors (Lipinski definition) is 7. The van der Waals surface area contributed by atoms with Crippen LogP contribution in [0, 0.1) is 5.82 Å². The molecule has 0 aliphatic rings. The zero-order valence-corrected chi connectivity index (χ0v) is 18.0. The van der Waals surface area contributed by atoms with Gasteiger partial charge in [0.2, 0.25) is 5.91 Å². The average molecular weight is 452 g/mol. The van der Waals surface area contributed by atoms with Crippen LogP contribution in [0.5, 0.6) is 11.5 Å². The highest BCUT2D eigenvalue weighted by Crippen LogP contribution is 2.25. The molecule has 9 nitrogen and oxygen atoms in total. The van der Waals surface area contributed by atoms with Crippen LogP contribution in [-0.4, -0.2) is 34.8 Å². The number of benzene rings is 2. The molecule has 170 valence electrons. The van der Waals surface area contributed by atoms with Crippen LogP contribution in [0.3, 0.4) is 0 Å². The quantitative estimate of drug-likeness (QED) is 0.438. The number of aromatic nitrogens is 3. The molecule has 10 heteroatoms. The Morgan fingerprint density at radius 1 is 1.15 bits per heavy atom.